The highest BCUT2D eigenvalue weighted by Gasteiger charge is 2.34. The summed E-state index contributed by atoms with van der Waals surface area (Å²) in [7, 11) is 0. The minimum absolute atomic E-state index is 0.0786. The molecular formula is C25H26N2O4S. The van der Waals surface area contributed by atoms with Crippen molar-refractivity contribution in [3.63, 3.8) is 0 Å². The first-order valence-corrected chi connectivity index (χ1v) is 11.7. The lowest BCUT2D eigenvalue weighted by atomic mass is 9.82. The van der Waals surface area contributed by atoms with Gasteiger partial charge in [0.25, 0.3) is 0 Å². The fraction of sp³-hybridized carbons (Fsp3) is 0.320. The van der Waals surface area contributed by atoms with Gasteiger partial charge in [0.2, 0.25) is 11.8 Å². The van der Waals surface area contributed by atoms with Crippen LogP contribution in [0.3, 0.4) is 0 Å². The van der Waals surface area contributed by atoms with E-state index < -0.39 is 17.8 Å². The Morgan fingerprint density at radius 2 is 1.72 bits per heavy atom. The van der Waals surface area contributed by atoms with Gasteiger partial charge in [0.15, 0.2) is 0 Å². The van der Waals surface area contributed by atoms with Gasteiger partial charge in [0.05, 0.1) is 17.6 Å². The second-order valence-electron chi connectivity index (χ2n) is 8.24. The minimum atomic E-state index is -0.944. The first-order chi connectivity index (χ1) is 15.4. The van der Waals surface area contributed by atoms with E-state index in [4.69, 9.17) is 0 Å². The van der Waals surface area contributed by atoms with Crippen molar-refractivity contribution in [2.75, 3.05) is 16.0 Å². The number of carbonyl (C=O) groups is 3. The van der Waals surface area contributed by atoms with Gasteiger partial charge in [-0.25, -0.2) is 0 Å². The van der Waals surface area contributed by atoms with Gasteiger partial charge >= 0.3 is 5.97 Å². The van der Waals surface area contributed by atoms with Crippen LogP contribution in [0.25, 0.3) is 0 Å². The first-order valence-electron chi connectivity index (χ1n) is 10.8. The fourth-order valence-electron chi connectivity index (χ4n) is 4.41. The lowest BCUT2D eigenvalue weighted by molar-refractivity contribution is -0.146. The molecule has 1 heterocycles. The van der Waals surface area contributed by atoms with Gasteiger partial charge in [-0.2, -0.15) is 0 Å². The van der Waals surface area contributed by atoms with Gasteiger partial charge < -0.3 is 15.3 Å². The van der Waals surface area contributed by atoms with Crippen LogP contribution < -0.4 is 10.2 Å². The van der Waals surface area contributed by atoms with Gasteiger partial charge in [0, 0.05) is 22.3 Å². The van der Waals surface area contributed by atoms with E-state index in [1.54, 1.807) is 12.1 Å². The van der Waals surface area contributed by atoms with Crippen LogP contribution in [0.15, 0.2) is 65.6 Å². The molecule has 0 fully saturated rings. The van der Waals surface area contributed by atoms with E-state index in [9.17, 15) is 19.5 Å². The maximum atomic E-state index is 12.9. The largest absolute Gasteiger partial charge is 0.481 e. The van der Waals surface area contributed by atoms with Crippen LogP contribution >= 0.6 is 11.8 Å². The standard InChI is InChI=1S/C25H26N2O4S/c1-16-14-17-6-2-5-9-22(17)27(16)23(28)15-32-19-12-10-18(11-13-19)26-24(29)20-7-3-4-8-21(20)25(30)31/h2-6,9-13,16,20-21H,7-8,14-15H2,1H3,(H,26,29)(H,30,31). The topological polar surface area (TPSA) is 86.7 Å². The summed E-state index contributed by atoms with van der Waals surface area (Å²) in [6.07, 6.45) is 5.35. The molecule has 32 heavy (non-hydrogen) atoms. The quantitative estimate of drug-likeness (QED) is 0.504. The highest BCUT2D eigenvalue weighted by atomic mass is 32.2. The minimum Gasteiger partial charge on any atom is -0.481 e. The molecular weight excluding hydrogens is 424 g/mol. The number of para-hydroxylation sites is 1. The average Bonchev–Trinajstić information content (AvgIpc) is 3.14. The molecule has 6 nitrogen and oxygen atoms in total. The molecule has 0 radical (unpaired) electrons. The SMILES string of the molecule is CC1Cc2ccccc2N1C(=O)CSc1ccc(NC(=O)C2CC=CCC2C(=O)O)cc1. The van der Waals surface area contributed by atoms with E-state index in [2.05, 4.69) is 18.3 Å². The molecule has 3 atom stereocenters. The Bertz CT molecular complexity index is 1050. The van der Waals surface area contributed by atoms with E-state index >= 15 is 0 Å². The van der Waals surface area contributed by atoms with Crippen molar-refractivity contribution in [2.24, 2.45) is 11.8 Å². The molecule has 2 aliphatic rings. The van der Waals surface area contributed by atoms with Crippen LogP contribution in [0, 0.1) is 11.8 Å². The van der Waals surface area contributed by atoms with Gasteiger partial charge in [-0.15, -0.1) is 11.8 Å². The fourth-order valence-corrected chi connectivity index (χ4v) is 5.16. The zero-order chi connectivity index (χ0) is 22.7. The maximum absolute atomic E-state index is 12.9. The predicted octanol–water partition coefficient (Wildman–Crippen LogP) is 4.36. The average molecular weight is 451 g/mol. The third kappa shape index (κ3) is 4.72. The maximum Gasteiger partial charge on any atom is 0.307 e. The number of anilines is 2. The zero-order valence-electron chi connectivity index (χ0n) is 17.9. The van der Waals surface area contributed by atoms with Gasteiger partial charge in [-0.3, -0.25) is 14.4 Å². The number of hydrogen-bond donors (Lipinski definition) is 2. The van der Waals surface area contributed by atoms with Crippen molar-refractivity contribution >= 4 is 40.9 Å². The van der Waals surface area contributed by atoms with Gasteiger partial charge in [-0.05, 0) is 62.1 Å². The summed E-state index contributed by atoms with van der Waals surface area (Å²) in [6, 6.07) is 15.5. The summed E-state index contributed by atoms with van der Waals surface area (Å²) in [4.78, 5) is 39.7. The molecule has 2 amide bonds. The molecule has 3 unspecified atom stereocenters. The number of thioether (sulfide) groups is 1. The number of carboxylic acid groups (broad SMARTS) is 1. The summed E-state index contributed by atoms with van der Waals surface area (Å²) < 4.78 is 0. The number of nitrogens with zero attached hydrogens (tertiary/aromatic N) is 1. The molecule has 0 saturated carbocycles. The third-order valence-corrected chi connectivity index (χ3v) is 7.04. The van der Waals surface area contributed by atoms with Crippen molar-refractivity contribution in [1.82, 2.24) is 0 Å². The number of benzene rings is 2. The summed E-state index contributed by atoms with van der Waals surface area (Å²) in [6.45, 7) is 2.07. The highest BCUT2D eigenvalue weighted by molar-refractivity contribution is 8.00. The van der Waals surface area contributed by atoms with E-state index in [0.29, 0.717) is 24.3 Å². The number of aliphatic carboxylic acids is 1. The number of carbonyl (C=O) groups excluding carboxylic acids is 2. The van der Waals surface area contributed by atoms with Crippen LogP contribution in [-0.4, -0.2) is 34.7 Å². The summed E-state index contributed by atoms with van der Waals surface area (Å²) >= 11 is 1.46. The van der Waals surface area contributed by atoms with E-state index in [0.717, 1.165) is 17.0 Å². The normalized spacial score (nSPS) is 21.8. The van der Waals surface area contributed by atoms with Gasteiger partial charge in [0.1, 0.15) is 0 Å². The van der Waals surface area contributed by atoms with Crippen molar-refractivity contribution in [1.29, 1.82) is 0 Å². The Balaban J connectivity index is 1.33. The van der Waals surface area contributed by atoms with Gasteiger partial charge in [-0.1, -0.05) is 30.4 Å². The summed E-state index contributed by atoms with van der Waals surface area (Å²) in [5, 5.41) is 12.2. The Hall–Kier alpha value is -3.06. The van der Waals surface area contributed by atoms with E-state index in [1.165, 1.54) is 17.3 Å². The second kappa shape index (κ2) is 9.61. The van der Waals surface area contributed by atoms with Crippen molar-refractivity contribution in [2.45, 2.75) is 37.1 Å². The first kappa shape index (κ1) is 22.1. The van der Waals surface area contributed by atoms with Crippen molar-refractivity contribution in [3.05, 3.63) is 66.2 Å². The van der Waals surface area contributed by atoms with Crippen LogP contribution in [0.5, 0.6) is 0 Å². The molecule has 1 aliphatic heterocycles. The van der Waals surface area contributed by atoms with E-state index in [1.807, 2.05) is 47.4 Å². The number of hydrogen-bond acceptors (Lipinski definition) is 4. The Morgan fingerprint density at radius 3 is 2.44 bits per heavy atom. The molecule has 2 N–H and O–H groups in total. The lowest BCUT2D eigenvalue weighted by Crippen LogP contribution is -2.36. The molecule has 0 saturated heterocycles. The molecule has 1 aliphatic carbocycles. The number of nitrogens with one attached hydrogen (secondary N) is 1. The highest BCUT2D eigenvalue weighted by Crippen LogP contribution is 2.33. The molecule has 4 rings (SSSR count). The Morgan fingerprint density at radius 1 is 1.03 bits per heavy atom. The molecule has 166 valence electrons. The van der Waals surface area contributed by atoms with Crippen LogP contribution in [-0.2, 0) is 20.8 Å². The van der Waals surface area contributed by atoms with Crippen molar-refractivity contribution < 1.29 is 19.5 Å². The van der Waals surface area contributed by atoms with Crippen LogP contribution in [0.4, 0.5) is 11.4 Å². The lowest BCUT2D eigenvalue weighted by Gasteiger charge is -2.24. The number of allylic oxidation sites excluding steroid dienone is 2. The Labute approximate surface area is 191 Å². The number of carboxylic acids is 1. The summed E-state index contributed by atoms with van der Waals surface area (Å²) in [5.41, 5.74) is 2.82. The molecule has 7 heteroatoms. The van der Waals surface area contributed by atoms with Crippen LogP contribution in [0.1, 0.15) is 25.3 Å². The van der Waals surface area contributed by atoms with Crippen LogP contribution in [0.2, 0.25) is 0 Å². The Kier molecular flexibility index (Phi) is 6.65. The molecule has 0 aromatic heterocycles. The van der Waals surface area contributed by atoms with E-state index in [-0.39, 0.29) is 17.9 Å². The third-order valence-electron chi connectivity index (χ3n) is 6.05. The molecule has 2 aromatic carbocycles. The second-order valence-corrected chi connectivity index (χ2v) is 9.29. The number of amides is 2. The molecule has 0 bridgehead atoms. The zero-order valence-corrected chi connectivity index (χ0v) is 18.7. The molecule has 2 aromatic rings. The summed E-state index contributed by atoms with van der Waals surface area (Å²) in [5.74, 6) is -2.08. The molecule has 0 spiro atoms. The monoisotopic (exact) mass is 450 g/mol. The van der Waals surface area contributed by atoms with Crippen molar-refractivity contribution in [3.8, 4) is 0 Å². The number of fused-ring (bicyclic) bond motifs is 1. The number of rotatable bonds is 6. The predicted molar refractivity (Wildman–Crippen MR) is 126 cm³/mol. The smallest absolute Gasteiger partial charge is 0.307 e.